The number of ether oxygens (including phenoxy) is 1. The zero-order valence-electron chi connectivity index (χ0n) is 11.5. The molecule has 1 amide bonds. The number of hydrogen-bond donors (Lipinski definition) is 2. The van der Waals surface area contributed by atoms with Crippen molar-refractivity contribution in [3.8, 4) is 11.8 Å². The number of aliphatic hydroxyl groups is 1. The molecular weight excluding hydrogens is 242 g/mol. The Morgan fingerprint density at radius 2 is 2.21 bits per heavy atom. The summed E-state index contributed by atoms with van der Waals surface area (Å²) in [5.74, 6) is 5.80. The van der Waals surface area contributed by atoms with Gasteiger partial charge in [0.1, 0.15) is 0 Å². The predicted octanol–water partition coefficient (Wildman–Crippen LogP) is 2.69. The summed E-state index contributed by atoms with van der Waals surface area (Å²) >= 11 is 0. The number of amides is 1. The predicted molar refractivity (Wildman–Crippen MR) is 75.0 cm³/mol. The molecule has 0 saturated carbocycles. The van der Waals surface area contributed by atoms with E-state index in [1.165, 1.54) is 0 Å². The maximum absolute atomic E-state index is 11.5. The lowest BCUT2D eigenvalue weighted by Crippen LogP contribution is -2.18. The maximum Gasteiger partial charge on any atom is 0.411 e. The molecule has 0 aliphatic heterocycles. The summed E-state index contributed by atoms with van der Waals surface area (Å²) in [5, 5.41) is 11.3. The summed E-state index contributed by atoms with van der Waals surface area (Å²) in [6, 6.07) is 5.50. The Balaban J connectivity index is 2.73. The Labute approximate surface area is 113 Å². The van der Waals surface area contributed by atoms with Crippen LogP contribution in [0.15, 0.2) is 18.2 Å². The van der Waals surface area contributed by atoms with Crippen LogP contribution in [0.1, 0.15) is 31.4 Å². The summed E-state index contributed by atoms with van der Waals surface area (Å²) in [4.78, 5) is 11.5. The molecule has 0 aromatic heterocycles. The van der Waals surface area contributed by atoms with Crippen molar-refractivity contribution in [3.63, 3.8) is 0 Å². The fourth-order valence-corrected chi connectivity index (χ4v) is 1.46. The van der Waals surface area contributed by atoms with Gasteiger partial charge in [0, 0.05) is 17.7 Å². The standard InChI is InChI=1S/C15H19NO3/c1-11(2)19-15(18)16-14-8-7-13(10-12(14)3)6-4-5-9-17/h7-8,10-11,17H,5,9H2,1-3H3,(H,16,18). The van der Waals surface area contributed by atoms with Gasteiger partial charge in [0.25, 0.3) is 0 Å². The minimum Gasteiger partial charge on any atom is -0.447 e. The van der Waals surface area contributed by atoms with E-state index >= 15 is 0 Å². The van der Waals surface area contributed by atoms with Crippen molar-refractivity contribution in [2.24, 2.45) is 0 Å². The Morgan fingerprint density at radius 3 is 2.79 bits per heavy atom. The van der Waals surface area contributed by atoms with Crippen molar-refractivity contribution in [1.29, 1.82) is 0 Å². The lowest BCUT2D eigenvalue weighted by Gasteiger charge is -2.11. The molecule has 0 spiro atoms. The first kappa shape index (κ1) is 15.1. The minimum atomic E-state index is -0.461. The highest BCUT2D eigenvalue weighted by Gasteiger charge is 2.07. The van der Waals surface area contributed by atoms with E-state index in [2.05, 4.69) is 17.2 Å². The van der Waals surface area contributed by atoms with Gasteiger partial charge in [-0.1, -0.05) is 11.8 Å². The van der Waals surface area contributed by atoms with Crippen LogP contribution in [0, 0.1) is 18.8 Å². The third kappa shape index (κ3) is 5.45. The van der Waals surface area contributed by atoms with Gasteiger partial charge < -0.3 is 9.84 Å². The van der Waals surface area contributed by atoms with Gasteiger partial charge in [0.2, 0.25) is 0 Å². The van der Waals surface area contributed by atoms with Crippen LogP contribution >= 0.6 is 0 Å². The molecule has 102 valence electrons. The van der Waals surface area contributed by atoms with Crippen LogP contribution in [0.4, 0.5) is 10.5 Å². The first-order valence-electron chi connectivity index (χ1n) is 6.21. The molecule has 1 aromatic carbocycles. The molecule has 1 rings (SSSR count). The number of rotatable bonds is 3. The fraction of sp³-hybridized carbons (Fsp3) is 0.400. The fourth-order valence-electron chi connectivity index (χ4n) is 1.46. The molecule has 0 atom stereocenters. The number of hydrogen-bond acceptors (Lipinski definition) is 3. The van der Waals surface area contributed by atoms with Crippen molar-refractivity contribution in [2.45, 2.75) is 33.3 Å². The van der Waals surface area contributed by atoms with Gasteiger partial charge >= 0.3 is 6.09 Å². The van der Waals surface area contributed by atoms with Crippen LogP contribution < -0.4 is 5.32 Å². The maximum atomic E-state index is 11.5. The Morgan fingerprint density at radius 1 is 1.47 bits per heavy atom. The lowest BCUT2D eigenvalue weighted by atomic mass is 10.1. The number of anilines is 1. The SMILES string of the molecule is Cc1cc(C#CCCO)ccc1NC(=O)OC(C)C. The summed E-state index contributed by atoms with van der Waals surface area (Å²) in [7, 11) is 0. The van der Waals surface area contributed by atoms with E-state index in [0.717, 1.165) is 11.1 Å². The second kappa shape index (κ2) is 7.45. The molecule has 2 N–H and O–H groups in total. The second-order valence-corrected chi connectivity index (χ2v) is 4.38. The van der Waals surface area contributed by atoms with E-state index in [-0.39, 0.29) is 12.7 Å². The average Bonchev–Trinajstić information content (AvgIpc) is 2.32. The third-order valence-corrected chi connectivity index (χ3v) is 2.28. The quantitative estimate of drug-likeness (QED) is 0.822. The highest BCUT2D eigenvalue weighted by Crippen LogP contribution is 2.16. The number of aryl methyl sites for hydroxylation is 1. The van der Waals surface area contributed by atoms with E-state index in [1.54, 1.807) is 19.9 Å². The molecule has 0 radical (unpaired) electrons. The molecule has 0 unspecified atom stereocenters. The minimum absolute atomic E-state index is 0.0622. The Bertz CT molecular complexity index is 498. The van der Waals surface area contributed by atoms with Gasteiger partial charge in [-0.3, -0.25) is 5.32 Å². The van der Waals surface area contributed by atoms with Crippen LogP contribution in [0.25, 0.3) is 0 Å². The Kier molecular flexibility index (Phi) is 5.91. The molecule has 0 aliphatic carbocycles. The number of carbonyl (C=O) groups is 1. The molecule has 0 fully saturated rings. The van der Waals surface area contributed by atoms with Crippen LogP contribution in [-0.2, 0) is 4.74 Å². The molecule has 0 saturated heterocycles. The number of benzene rings is 1. The zero-order valence-corrected chi connectivity index (χ0v) is 11.5. The molecule has 0 heterocycles. The highest BCUT2D eigenvalue weighted by atomic mass is 16.6. The third-order valence-electron chi connectivity index (χ3n) is 2.28. The first-order valence-corrected chi connectivity index (χ1v) is 6.21. The van der Waals surface area contributed by atoms with Crippen molar-refractivity contribution < 1.29 is 14.6 Å². The molecule has 1 aromatic rings. The van der Waals surface area contributed by atoms with Crippen molar-refractivity contribution in [3.05, 3.63) is 29.3 Å². The molecular formula is C15H19NO3. The van der Waals surface area contributed by atoms with Crippen molar-refractivity contribution in [2.75, 3.05) is 11.9 Å². The monoisotopic (exact) mass is 261 g/mol. The first-order chi connectivity index (χ1) is 9.02. The molecule has 0 bridgehead atoms. The van der Waals surface area contributed by atoms with E-state index in [0.29, 0.717) is 12.1 Å². The largest absolute Gasteiger partial charge is 0.447 e. The number of nitrogens with one attached hydrogen (secondary N) is 1. The average molecular weight is 261 g/mol. The number of carbonyl (C=O) groups excluding carboxylic acids is 1. The lowest BCUT2D eigenvalue weighted by molar-refractivity contribution is 0.130. The second-order valence-electron chi connectivity index (χ2n) is 4.38. The number of aliphatic hydroxyl groups excluding tert-OH is 1. The van der Waals surface area contributed by atoms with E-state index in [1.807, 2.05) is 19.1 Å². The summed E-state index contributed by atoms with van der Waals surface area (Å²) < 4.78 is 5.01. The van der Waals surface area contributed by atoms with Crippen LogP contribution in [0.3, 0.4) is 0 Å². The van der Waals surface area contributed by atoms with E-state index in [9.17, 15) is 4.79 Å². The normalized spacial score (nSPS) is 9.74. The summed E-state index contributed by atoms with van der Waals surface area (Å²) in [6.45, 7) is 5.55. The molecule has 0 aliphatic rings. The smallest absolute Gasteiger partial charge is 0.411 e. The Hall–Kier alpha value is -1.99. The van der Waals surface area contributed by atoms with Crippen molar-refractivity contribution in [1.82, 2.24) is 0 Å². The van der Waals surface area contributed by atoms with Crippen LogP contribution in [0.5, 0.6) is 0 Å². The van der Waals surface area contributed by atoms with Gasteiger partial charge in [-0.2, -0.15) is 0 Å². The summed E-state index contributed by atoms with van der Waals surface area (Å²) in [6.07, 6.45) is -0.152. The highest BCUT2D eigenvalue weighted by molar-refractivity contribution is 5.85. The van der Waals surface area contributed by atoms with Gasteiger partial charge in [0.15, 0.2) is 0 Å². The molecule has 19 heavy (non-hydrogen) atoms. The van der Waals surface area contributed by atoms with Gasteiger partial charge in [-0.25, -0.2) is 4.79 Å². The van der Waals surface area contributed by atoms with E-state index in [4.69, 9.17) is 9.84 Å². The van der Waals surface area contributed by atoms with E-state index < -0.39 is 6.09 Å². The van der Waals surface area contributed by atoms with Crippen LogP contribution in [0.2, 0.25) is 0 Å². The topological polar surface area (TPSA) is 58.6 Å². The summed E-state index contributed by atoms with van der Waals surface area (Å²) in [5.41, 5.74) is 2.48. The van der Waals surface area contributed by atoms with Gasteiger partial charge in [-0.15, -0.1) is 0 Å². The van der Waals surface area contributed by atoms with Gasteiger partial charge in [0.05, 0.1) is 12.7 Å². The van der Waals surface area contributed by atoms with Gasteiger partial charge in [-0.05, 0) is 44.5 Å². The van der Waals surface area contributed by atoms with Crippen LogP contribution in [-0.4, -0.2) is 23.9 Å². The van der Waals surface area contributed by atoms with Crippen molar-refractivity contribution >= 4 is 11.8 Å². The molecule has 4 heteroatoms. The zero-order chi connectivity index (χ0) is 14.3. The molecule has 4 nitrogen and oxygen atoms in total.